The molecule has 146 valence electrons. The number of carbonyl (C=O) groups excluding carboxylic acids is 1. The van der Waals surface area contributed by atoms with Gasteiger partial charge in [-0.1, -0.05) is 50.9 Å². The third-order valence-electron chi connectivity index (χ3n) is 3.45. The molecule has 0 fully saturated rings. The van der Waals surface area contributed by atoms with Gasteiger partial charge in [-0.2, -0.15) is 0 Å². The zero-order valence-corrected chi connectivity index (χ0v) is 17.3. The Morgan fingerprint density at radius 2 is 1.70 bits per heavy atom. The predicted molar refractivity (Wildman–Crippen MR) is 109 cm³/mol. The van der Waals surface area contributed by atoms with Crippen molar-refractivity contribution in [1.29, 1.82) is 0 Å². The quantitative estimate of drug-likeness (QED) is 0.425. The number of fused-ring (bicyclic) bond motifs is 1. The van der Waals surface area contributed by atoms with E-state index in [2.05, 4.69) is 0 Å². The van der Waals surface area contributed by atoms with Crippen molar-refractivity contribution in [3.05, 3.63) is 62.1 Å². The summed E-state index contributed by atoms with van der Waals surface area (Å²) in [7, 11) is 0. The summed E-state index contributed by atoms with van der Waals surface area (Å²) in [5.41, 5.74) is 0.491. The molecule has 1 aliphatic rings. The number of nitro groups is 1. The molecule has 2 aromatic rings. The second-order valence-electron chi connectivity index (χ2n) is 4.93. The minimum Gasteiger partial charge on any atom is -0.470 e. The maximum Gasteiger partial charge on any atom is 0.271 e. The molecule has 0 aromatic heterocycles. The SMILES string of the molecule is CC.CC.CC1Oc2ccc(Cl)cc2C(=O)N1c1ccc([N+](=O)[O-])cc1Cl. The monoisotopic (exact) mass is 412 g/mol. The number of nitrogens with zero attached hydrogens (tertiary/aromatic N) is 2. The highest BCUT2D eigenvalue weighted by atomic mass is 35.5. The summed E-state index contributed by atoms with van der Waals surface area (Å²) in [4.78, 5) is 24.3. The van der Waals surface area contributed by atoms with Crippen molar-refractivity contribution in [3.63, 3.8) is 0 Å². The lowest BCUT2D eigenvalue weighted by molar-refractivity contribution is -0.384. The topological polar surface area (TPSA) is 72.7 Å². The molecule has 3 rings (SSSR count). The maximum absolute atomic E-state index is 12.7. The molecule has 0 saturated carbocycles. The van der Waals surface area contributed by atoms with E-state index >= 15 is 0 Å². The molecular formula is C19H22Cl2N2O4. The van der Waals surface area contributed by atoms with Crippen LogP contribution in [0.1, 0.15) is 45.0 Å². The van der Waals surface area contributed by atoms with Crippen LogP contribution in [0.3, 0.4) is 0 Å². The fraction of sp³-hybridized carbons (Fsp3) is 0.316. The highest BCUT2D eigenvalue weighted by Crippen LogP contribution is 2.37. The summed E-state index contributed by atoms with van der Waals surface area (Å²) in [6, 6.07) is 8.68. The van der Waals surface area contributed by atoms with E-state index < -0.39 is 11.2 Å². The van der Waals surface area contributed by atoms with Gasteiger partial charge >= 0.3 is 0 Å². The molecule has 0 aliphatic carbocycles. The summed E-state index contributed by atoms with van der Waals surface area (Å²) in [5.74, 6) is 0.0955. The highest BCUT2D eigenvalue weighted by Gasteiger charge is 2.34. The number of benzene rings is 2. The molecule has 0 bridgehead atoms. The van der Waals surface area contributed by atoms with Crippen LogP contribution in [0.5, 0.6) is 5.75 Å². The molecule has 0 saturated heterocycles. The van der Waals surface area contributed by atoms with Crippen molar-refractivity contribution in [1.82, 2.24) is 0 Å². The lowest BCUT2D eigenvalue weighted by atomic mass is 10.1. The number of rotatable bonds is 2. The Morgan fingerprint density at radius 1 is 1.07 bits per heavy atom. The van der Waals surface area contributed by atoms with Crippen molar-refractivity contribution >= 4 is 40.5 Å². The smallest absolute Gasteiger partial charge is 0.271 e. The van der Waals surface area contributed by atoms with Gasteiger partial charge in [-0.15, -0.1) is 0 Å². The van der Waals surface area contributed by atoms with Crippen LogP contribution in [0.4, 0.5) is 11.4 Å². The first-order valence-electron chi connectivity index (χ1n) is 8.62. The number of non-ortho nitro benzene ring substituents is 1. The number of halogens is 2. The van der Waals surface area contributed by atoms with Gasteiger partial charge in [0, 0.05) is 17.2 Å². The van der Waals surface area contributed by atoms with Crippen molar-refractivity contribution < 1.29 is 14.5 Å². The zero-order valence-electron chi connectivity index (χ0n) is 15.8. The fourth-order valence-corrected chi connectivity index (χ4v) is 2.85. The van der Waals surface area contributed by atoms with Crippen LogP contribution in [0.15, 0.2) is 36.4 Å². The van der Waals surface area contributed by atoms with Gasteiger partial charge in [0.15, 0.2) is 6.23 Å². The van der Waals surface area contributed by atoms with Crippen LogP contribution in [0, 0.1) is 10.1 Å². The van der Waals surface area contributed by atoms with Gasteiger partial charge < -0.3 is 4.74 Å². The number of hydrogen-bond donors (Lipinski definition) is 0. The van der Waals surface area contributed by atoms with Crippen LogP contribution < -0.4 is 9.64 Å². The van der Waals surface area contributed by atoms with Crippen LogP contribution in [-0.4, -0.2) is 17.1 Å². The average molecular weight is 413 g/mol. The Morgan fingerprint density at radius 3 is 2.26 bits per heavy atom. The van der Waals surface area contributed by atoms with Crippen LogP contribution in [0.2, 0.25) is 10.0 Å². The van der Waals surface area contributed by atoms with Crippen molar-refractivity contribution in [3.8, 4) is 5.75 Å². The van der Waals surface area contributed by atoms with Gasteiger partial charge in [0.2, 0.25) is 0 Å². The number of ether oxygens (including phenoxy) is 1. The third kappa shape index (κ3) is 4.90. The lowest BCUT2D eigenvalue weighted by Gasteiger charge is -2.35. The first kappa shape index (κ1) is 22.7. The number of carbonyl (C=O) groups is 1. The molecule has 8 heteroatoms. The Labute approximate surface area is 168 Å². The van der Waals surface area contributed by atoms with Crippen LogP contribution >= 0.6 is 23.2 Å². The number of amides is 1. The first-order valence-corrected chi connectivity index (χ1v) is 9.38. The van der Waals surface area contributed by atoms with Gasteiger partial charge in [0.25, 0.3) is 11.6 Å². The Hall–Kier alpha value is -2.31. The van der Waals surface area contributed by atoms with Gasteiger partial charge in [-0.05, 0) is 31.2 Å². The first-order chi connectivity index (χ1) is 12.9. The molecule has 0 spiro atoms. The van der Waals surface area contributed by atoms with E-state index in [9.17, 15) is 14.9 Å². The summed E-state index contributed by atoms with van der Waals surface area (Å²) in [6.45, 7) is 9.69. The molecule has 1 heterocycles. The van der Waals surface area contributed by atoms with E-state index in [1.807, 2.05) is 27.7 Å². The normalized spacial score (nSPS) is 14.7. The van der Waals surface area contributed by atoms with Crippen molar-refractivity contribution in [2.45, 2.75) is 40.8 Å². The van der Waals surface area contributed by atoms with Gasteiger partial charge in [0.05, 0.1) is 21.2 Å². The molecule has 6 nitrogen and oxygen atoms in total. The van der Waals surface area contributed by atoms with Crippen LogP contribution in [0.25, 0.3) is 0 Å². The van der Waals surface area contributed by atoms with E-state index in [1.54, 1.807) is 19.1 Å². The largest absolute Gasteiger partial charge is 0.470 e. The van der Waals surface area contributed by atoms with Crippen molar-refractivity contribution in [2.24, 2.45) is 0 Å². The molecule has 1 atom stereocenters. The molecule has 0 N–H and O–H groups in total. The summed E-state index contributed by atoms with van der Waals surface area (Å²) in [5, 5.41) is 11.3. The predicted octanol–water partition coefficient (Wildman–Crippen LogP) is 6.34. The second kappa shape index (κ2) is 10.1. The number of anilines is 1. The molecule has 0 radical (unpaired) electrons. The van der Waals surface area contributed by atoms with E-state index in [1.165, 1.54) is 29.2 Å². The minimum absolute atomic E-state index is 0.0912. The minimum atomic E-state index is -0.616. The summed E-state index contributed by atoms with van der Waals surface area (Å²) >= 11 is 12.0. The zero-order chi connectivity index (χ0) is 20.7. The summed E-state index contributed by atoms with van der Waals surface area (Å²) in [6.07, 6.45) is -0.616. The lowest BCUT2D eigenvalue weighted by Crippen LogP contribution is -2.46. The van der Waals surface area contributed by atoms with Gasteiger partial charge in [-0.3, -0.25) is 19.8 Å². The summed E-state index contributed by atoms with van der Waals surface area (Å²) < 4.78 is 5.71. The van der Waals surface area contributed by atoms with Crippen LogP contribution in [-0.2, 0) is 0 Å². The van der Waals surface area contributed by atoms with E-state index in [0.717, 1.165) is 0 Å². The molecule has 1 unspecified atom stereocenters. The Balaban J connectivity index is 0.000000855. The molecule has 1 aliphatic heterocycles. The highest BCUT2D eigenvalue weighted by molar-refractivity contribution is 6.34. The average Bonchev–Trinajstić information content (AvgIpc) is 2.67. The standard InChI is InChI=1S/C15H10Cl2N2O4.2C2H6/c1-8-18(13-4-3-10(19(21)22)7-12(13)17)15(20)11-6-9(16)2-5-14(11)23-8;2*1-2/h2-8H,1H3;2*1-2H3. The van der Waals surface area contributed by atoms with Gasteiger partial charge in [0.1, 0.15) is 5.75 Å². The van der Waals surface area contributed by atoms with E-state index in [4.69, 9.17) is 27.9 Å². The maximum atomic E-state index is 12.7. The van der Waals surface area contributed by atoms with Crippen molar-refractivity contribution in [2.75, 3.05) is 4.90 Å². The third-order valence-corrected chi connectivity index (χ3v) is 3.99. The molecular weight excluding hydrogens is 391 g/mol. The van der Waals surface area contributed by atoms with E-state index in [-0.39, 0.29) is 16.6 Å². The number of hydrogen-bond acceptors (Lipinski definition) is 4. The Bertz CT molecular complexity index is 827. The fourth-order valence-electron chi connectivity index (χ4n) is 2.41. The molecule has 27 heavy (non-hydrogen) atoms. The number of nitro benzene ring substituents is 1. The Kier molecular flexibility index (Phi) is 8.53. The van der Waals surface area contributed by atoms with Gasteiger partial charge in [-0.25, -0.2) is 0 Å². The molecule has 2 aromatic carbocycles. The molecule has 1 amide bonds. The van der Waals surface area contributed by atoms with E-state index in [0.29, 0.717) is 22.0 Å². The second-order valence-corrected chi connectivity index (χ2v) is 5.77.